The van der Waals surface area contributed by atoms with E-state index in [2.05, 4.69) is 38.1 Å². The highest BCUT2D eigenvalue weighted by Gasteiger charge is 2.07. The van der Waals surface area contributed by atoms with Gasteiger partial charge in [0.25, 0.3) is 0 Å². The van der Waals surface area contributed by atoms with Crippen LogP contribution in [-0.2, 0) is 13.0 Å². The highest BCUT2D eigenvalue weighted by Crippen LogP contribution is 2.24. The maximum absolute atomic E-state index is 6.47. The average molecular weight is 422 g/mol. The molecule has 0 atom stereocenters. The van der Waals surface area contributed by atoms with Crippen molar-refractivity contribution in [1.29, 1.82) is 0 Å². The molecule has 0 radical (unpaired) electrons. The summed E-state index contributed by atoms with van der Waals surface area (Å²) in [7, 11) is 4.25. The third-order valence-electron chi connectivity index (χ3n) is 5.98. The lowest BCUT2D eigenvalue weighted by Gasteiger charge is -2.15. The van der Waals surface area contributed by atoms with Crippen molar-refractivity contribution in [3.8, 4) is 0 Å². The molecule has 0 bridgehead atoms. The molecule has 0 spiro atoms. The second-order valence-corrected chi connectivity index (χ2v) is 9.58. The Morgan fingerprint density at radius 1 is 0.655 bits per heavy atom. The van der Waals surface area contributed by atoms with Gasteiger partial charge in [-0.15, -0.1) is 0 Å². The number of unbranched alkanes of at least 4 members (excludes halogenated alkanes) is 15. The summed E-state index contributed by atoms with van der Waals surface area (Å²) in [4.78, 5) is 2.22. The van der Waals surface area contributed by atoms with Gasteiger partial charge < -0.3 is 4.90 Å². The highest BCUT2D eigenvalue weighted by molar-refractivity contribution is 6.31. The lowest BCUT2D eigenvalue weighted by Crippen LogP contribution is -2.12. The molecule has 2 heteroatoms. The van der Waals surface area contributed by atoms with Gasteiger partial charge in [0.05, 0.1) is 0 Å². The van der Waals surface area contributed by atoms with Gasteiger partial charge in [-0.3, -0.25) is 0 Å². The van der Waals surface area contributed by atoms with Gasteiger partial charge in [-0.05, 0) is 44.1 Å². The molecule has 0 saturated carbocycles. The third kappa shape index (κ3) is 14.2. The van der Waals surface area contributed by atoms with Crippen LogP contribution in [-0.4, -0.2) is 19.0 Å². The molecule has 0 fully saturated rings. The monoisotopic (exact) mass is 421 g/mol. The molecule has 1 aromatic rings. The van der Waals surface area contributed by atoms with E-state index in [0.717, 1.165) is 18.0 Å². The summed E-state index contributed by atoms with van der Waals surface area (Å²) < 4.78 is 0. The topological polar surface area (TPSA) is 3.24 Å². The van der Waals surface area contributed by atoms with Crippen molar-refractivity contribution in [3.05, 3.63) is 34.3 Å². The Kier molecular flexibility index (Phi) is 16.7. The molecule has 1 nitrogen and oxygen atoms in total. The lowest BCUT2D eigenvalue weighted by molar-refractivity contribution is 0.400. The first-order valence-electron chi connectivity index (χ1n) is 12.6. The summed E-state index contributed by atoms with van der Waals surface area (Å²) in [6, 6.07) is 6.36. The zero-order valence-electron chi connectivity index (χ0n) is 19.8. The standard InChI is InChI=1S/C27H48ClN/c1-4-5-6-7-8-9-10-11-12-13-14-15-16-17-18-19-22-26-25(24-29(2)3)21-20-23-27(26)28/h20-21,23H,4-19,22,24H2,1-3H3. The molecule has 0 saturated heterocycles. The SMILES string of the molecule is CCCCCCCCCCCCCCCCCCc1c(Cl)cccc1CN(C)C. The van der Waals surface area contributed by atoms with Crippen LogP contribution in [0.15, 0.2) is 18.2 Å². The fraction of sp³-hybridized carbons (Fsp3) is 0.778. The summed E-state index contributed by atoms with van der Waals surface area (Å²) in [5, 5.41) is 0.949. The Bertz CT molecular complexity index is 497. The van der Waals surface area contributed by atoms with Crippen LogP contribution < -0.4 is 0 Å². The number of hydrogen-bond acceptors (Lipinski definition) is 1. The maximum Gasteiger partial charge on any atom is 0.0441 e. The van der Waals surface area contributed by atoms with Crippen LogP contribution in [0.25, 0.3) is 0 Å². The van der Waals surface area contributed by atoms with Crippen molar-refractivity contribution >= 4 is 11.6 Å². The molecule has 0 unspecified atom stereocenters. The molecule has 0 amide bonds. The van der Waals surface area contributed by atoms with E-state index in [1.165, 1.54) is 114 Å². The maximum atomic E-state index is 6.47. The second kappa shape index (κ2) is 18.3. The number of nitrogens with zero attached hydrogens (tertiary/aromatic N) is 1. The van der Waals surface area contributed by atoms with Gasteiger partial charge in [-0.1, -0.05) is 127 Å². The summed E-state index contributed by atoms with van der Waals surface area (Å²) >= 11 is 6.47. The second-order valence-electron chi connectivity index (χ2n) is 9.17. The number of halogens is 1. The van der Waals surface area contributed by atoms with Crippen LogP contribution in [0.4, 0.5) is 0 Å². The first-order valence-corrected chi connectivity index (χ1v) is 12.9. The van der Waals surface area contributed by atoms with Crippen LogP contribution in [0.1, 0.15) is 121 Å². The molecule has 1 aromatic carbocycles. The lowest BCUT2D eigenvalue weighted by atomic mass is 9.99. The molecule has 0 aliphatic carbocycles. The summed E-state index contributed by atoms with van der Waals surface area (Å²) in [6.07, 6.45) is 23.8. The van der Waals surface area contributed by atoms with E-state index in [4.69, 9.17) is 11.6 Å². The smallest absolute Gasteiger partial charge is 0.0441 e. The first kappa shape index (κ1) is 26.5. The van der Waals surface area contributed by atoms with E-state index >= 15 is 0 Å². The summed E-state index contributed by atoms with van der Waals surface area (Å²) in [5.41, 5.74) is 2.76. The Hall–Kier alpha value is -0.530. The van der Waals surface area contributed by atoms with Crippen molar-refractivity contribution in [1.82, 2.24) is 4.90 Å². The minimum atomic E-state index is 0.949. The molecule has 29 heavy (non-hydrogen) atoms. The van der Waals surface area contributed by atoms with Crippen molar-refractivity contribution in [2.24, 2.45) is 0 Å². The molecule has 1 rings (SSSR count). The molecular weight excluding hydrogens is 374 g/mol. The van der Waals surface area contributed by atoms with E-state index in [-0.39, 0.29) is 0 Å². The van der Waals surface area contributed by atoms with E-state index in [0.29, 0.717) is 0 Å². The Morgan fingerprint density at radius 2 is 1.10 bits per heavy atom. The number of hydrogen-bond donors (Lipinski definition) is 0. The van der Waals surface area contributed by atoms with Gasteiger partial charge in [0, 0.05) is 11.6 Å². The van der Waals surface area contributed by atoms with Crippen LogP contribution >= 0.6 is 11.6 Å². The van der Waals surface area contributed by atoms with Gasteiger partial charge >= 0.3 is 0 Å². The quantitative estimate of drug-likeness (QED) is 0.201. The fourth-order valence-electron chi connectivity index (χ4n) is 4.22. The van der Waals surface area contributed by atoms with Gasteiger partial charge in [0.1, 0.15) is 0 Å². The van der Waals surface area contributed by atoms with E-state index < -0.39 is 0 Å². The first-order chi connectivity index (χ1) is 14.1. The van der Waals surface area contributed by atoms with Crippen LogP contribution in [0.5, 0.6) is 0 Å². The molecule has 0 aliphatic rings. The zero-order valence-corrected chi connectivity index (χ0v) is 20.5. The van der Waals surface area contributed by atoms with Crippen molar-refractivity contribution in [2.75, 3.05) is 14.1 Å². The van der Waals surface area contributed by atoms with Crippen molar-refractivity contribution < 1.29 is 0 Å². The predicted octanol–water partition coefficient (Wildman–Crippen LogP) is 9.21. The number of benzene rings is 1. The van der Waals surface area contributed by atoms with E-state index in [1.807, 2.05) is 6.07 Å². The molecule has 168 valence electrons. The molecular formula is C27H48ClN. The highest BCUT2D eigenvalue weighted by atomic mass is 35.5. The van der Waals surface area contributed by atoms with Crippen LogP contribution in [0.3, 0.4) is 0 Å². The normalized spacial score (nSPS) is 11.5. The Balaban J connectivity index is 1.94. The van der Waals surface area contributed by atoms with E-state index in [1.54, 1.807) is 0 Å². The molecule has 0 aliphatic heterocycles. The van der Waals surface area contributed by atoms with Gasteiger partial charge in [-0.25, -0.2) is 0 Å². The fourth-order valence-corrected chi connectivity index (χ4v) is 4.51. The third-order valence-corrected chi connectivity index (χ3v) is 6.34. The zero-order chi connectivity index (χ0) is 21.2. The number of rotatable bonds is 19. The molecule has 0 heterocycles. The minimum Gasteiger partial charge on any atom is -0.305 e. The minimum absolute atomic E-state index is 0.949. The predicted molar refractivity (Wildman–Crippen MR) is 132 cm³/mol. The Labute approximate surface area is 187 Å². The van der Waals surface area contributed by atoms with Gasteiger partial charge in [0.2, 0.25) is 0 Å². The van der Waals surface area contributed by atoms with Gasteiger partial charge in [-0.2, -0.15) is 0 Å². The Morgan fingerprint density at radius 3 is 1.55 bits per heavy atom. The van der Waals surface area contributed by atoms with Gasteiger partial charge in [0.15, 0.2) is 0 Å². The molecule has 0 aromatic heterocycles. The summed E-state index contributed by atoms with van der Waals surface area (Å²) in [5.74, 6) is 0. The van der Waals surface area contributed by atoms with Crippen molar-refractivity contribution in [2.45, 2.75) is 123 Å². The van der Waals surface area contributed by atoms with Crippen LogP contribution in [0, 0.1) is 0 Å². The van der Waals surface area contributed by atoms with Crippen molar-refractivity contribution in [3.63, 3.8) is 0 Å². The van der Waals surface area contributed by atoms with Crippen LogP contribution in [0.2, 0.25) is 5.02 Å². The van der Waals surface area contributed by atoms with E-state index in [9.17, 15) is 0 Å². The largest absolute Gasteiger partial charge is 0.305 e. The molecule has 0 N–H and O–H groups in total. The average Bonchev–Trinajstić information content (AvgIpc) is 2.69. The summed E-state index contributed by atoms with van der Waals surface area (Å²) in [6.45, 7) is 3.28.